The van der Waals surface area contributed by atoms with Gasteiger partial charge in [-0.3, -0.25) is 4.79 Å². The van der Waals surface area contributed by atoms with Gasteiger partial charge < -0.3 is 14.9 Å². The number of hydrogen-bond acceptors (Lipinski definition) is 4. The van der Waals surface area contributed by atoms with Crippen molar-refractivity contribution in [3.05, 3.63) is 60.2 Å². The first-order valence-electron chi connectivity index (χ1n) is 8.16. The van der Waals surface area contributed by atoms with Crippen LogP contribution in [0, 0.1) is 0 Å². The van der Waals surface area contributed by atoms with Gasteiger partial charge in [0, 0.05) is 37.6 Å². The van der Waals surface area contributed by atoms with Crippen molar-refractivity contribution in [2.24, 2.45) is 0 Å². The number of carbonyl (C=O) groups is 1. The van der Waals surface area contributed by atoms with Gasteiger partial charge in [-0.2, -0.15) is 0 Å². The number of rotatable bonds is 5. The maximum absolute atomic E-state index is 12.3. The molecule has 0 aliphatic carbocycles. The number of aromatic hydroxyl groups is 1. The molecule has 0 radical (unpaired) electrons. The van der Waals surface area contributed by atoms with Gasteiger partial charge >= 0.3 is 0 Å². The fraction of sp³-hybridized carbons (Fsp3) is 0.316. The Labute approximate surface area is 147 Å². The molecule has 1 aliphatic heterocycles. The zero-order valence-corrected chi connectivity index (χ0v) is 14.4. The average Bonchev–Trinajstić information content (AvgIpc) is 2.63. The molecule has 5 heteroatoms. The number of carbonyl (C=O) groups excluding carboxylic acids is 1. The lowest BCUT2D eigenvalue weighted by molar-refractivity contribution is -0.128. The predicted molar refractivity (Wildman–Crippen MR) is 99.5 cm³/mol. The standard InChI is InChI=1S/C19H22N2O2S/c22-18-8-6-17(7-9-18)20-10-12-21(13-11-20)19(23)15-24-14-16-4-2-1-3-5-16/h1-9,22H,10-15H2. The van der Waals surface area contributed by atoms with Gasteiger partial charge in [0.25, 0.3) is 0 Å². The molecule has 126 valence electrons. The largest absolute Gasteiger partial charge is 0.508 e. The highest BCUT2D eigenvalue weighted by Crippen LogP contribution is 2.20. The number of benzene rings is 2. The molecule has 0 atom stereocenters. The van der Waals surface area contributed by atoms with Crippen molar-refractivity contribution in [1.82, 2.24) is 4.90 Å². The molecule has 0 aromatic heterocycles. The minimum atomic E-state index is 0.223. The number of phenols is 1. The molecule has 1 fully saturated rings. The molecular formula is C19H22N2O2S. The summed E-state index contributed by atoms with van der Waals surface area (Å²) < 4.78 is 0. The van der Waals surface area contributed by atoms with Crippen LogP contribution in [0.3, 0.4) is 0 Å². The van der Waals surface area contributed by atoms with Crippen molar-refractivity contribution in [2.75, 3.05) is 36.8 Å². The Bertz CT molecular complexity index is 653. The number of nitrogens with zero attached hydrogens (tertiary/aromatic N) is 2. The van der Waals surface area contributed by atoms with Crippen LogP contribution in [0.15, 0.2) is 54.6 Å². The van der Waals surface area contributed by atoms with Gasteiger partial charge in [-0.1, -0.05) is 30.3 Å². The van der Waals surface area contributed by atoms with Gasteiger partial charge in [-0.05, 0) is 29.8 Å². The topological polar surface area (TPSA) is 43.8 Å². The van der Waals surface area contributed by atoms with Crippen LogP contribution >= 0.6 is 11.8 Å². The summed E-state index contributed by atoms with van der Waals surface area (Å²) >= 11 is 1.67. The Morgan fingerprint density at radius 3 is 2.29 bits per heavy atom. The Kier molecular flexibility index (Phi) is 5.64. The number of hydrogen-bond donors (Lipinski definition) is 1. The SMILES string of the molecule is O=C(CSCc1ccccc1)N1CCN(c2ccc(O)cc2)CC1. The quantitative estimate of drug-likeness (QED) is 0.907. The second kappa shape index (κ2) is 8.11. The van der Waals surface area contributed by atoms with E-state index in [0.717, 1.165) is 37.6 Å². The number of anilines is 1. The summed E-state index contributed by atoms with van der Waals surface area (Å²) in [4.78, 5) is 16.5. The highest BCUT2D eigenvalue weighted by atomic mass is 32.2. The maximum Gasteiger partial charge on any atom is 0.232 e. The molecule has 2 aromatic carbocycles. The minimum Gasteiger partial charge on any atom is -0.508 e. The van der Waals surface area contributed by atoms with Gasteiger partial charge in [-0.15, -0.1) is 11.8 Å². The average molecular weight is 342 g/mol. The van der Waals surface area contributed by atoms with E-state index in [1.807, 2.05) is 35.2 Å². The van der Waals surface area contributed by atoms with Gasteiger partial charge in [0.2, 0.25) is 5.91 Å². The Morgan fingerprint density at radius 2 is 1.62 bits per heavy atom. The third kappa shape index (κ3) is 4.45. The van der Waals surface area contributed by atoms with Gasteiger partial charge in [0.1, 0.15) is 5.75 Å². The van der Waals surface area contributed by atoms with E-state index < -0.39 is 0 Å². The molecular weight excluding hydrogens is 320 g/mol. The zero-order chi connectivity index (χ0) is 16.8. The van der Waals surface area contributed by atoms with Crippen molar-refractivity contribution in [1.29, 1.82) is 0 Å². The lowest BCUT2D eigenvalue weighted by atomic mass is 10.2. The predicted octanol–water partition coefficient (Wildman–Crippen LogP) is 2.97. The number of amides is 1. The van der Waals surface area contributed by atoms with Crippen molar-refractivity contribution < 1.29 is 9.90 Å². The van der Waals surface area contributed by atoms with Crippen LogP contribution in [-0.2, 0) is 10.5 Å². The van der Waals surface area contributed by atoms with Gasteiger partial charge in [0.15, 0.2) is 0 Å². The Hall–Kier alpha value is -2.14. The van der Waals surface area contributed by atoms with E-state index >= 15 is 0 Å². The van der Waals surface area contributed by atoms with Crippen LogP contribution < -0.4 is 4.90 Å². The van der Waals surface area contributed by atoms with E-state index in [1.165, 1.54) is 5.56 Å². The second-order valence-electron chi connectivity index (χ2n) is 5.86. The van der Waals surface area contributed by atoms with Crippen LogP contribution in [0.25, 0.3) is 0 Å². The molecule has 0 spiro atoms. The summed E-state index contributed by atoms with van der Waals surface area (Å²) in [5.74, 6) is 1.91. The van der Waals surface area contributed by atoms with Gasteiger partial charge in [-0.25, -0.2) is 0 Å². The number of piperazine rings is 1. The molecule has 24 heavy (non-hydrogen) atoms. The van der Waals surface area contributed by atoms with Crippen molar-refractivity contribution in [3.63, 3.8) is 0 Å². The summed E-state index contributed by atoms with van der Waals surface area (Å²) in [7, 11) is 0. The van der Waals surface area contributed by atoms with E-state index in [-0.39, 0.29) is 11.7 Å². The fourth-order valence-electron chi connectivity index (χ4n) is 2.80. The third-order valence-electron chi connectivity index (χ3n) is 4.18. The molecule has 0 bridgehead atoms. The van der Waals surface area contributed by atoms with Crippen molar-refractivity contribution in [3.8, 4) is 5.75 Å². The Balaban J connectivity index is 1.42. The first kappa shape index (κ1) is 16.7. The lowest BCUT2D eigenvalue weighted by Gasteiger charge is -2.36. The number of thioether (sulfide) groups is 1. The summed E-state index contributed by atoms with van der Waals surface area (Å²) in [5, 5.41) is 9.36. The zero-order valence-electron chi connectivity index (χ0n) is 13.6. The summed E-state index contributed by atoms with van der Waals surface area (Å²) in [5.41, 5.74) is 2.35. The smallest absolute Gasteiger partial charge is 0.232 e. The van der Waals surface area contributed by atoms with Crippen LogP contribution in [0.1, 0.15) is 5.56 Å². The molecule has 3 rings (SSSR count). The molecule has 1 N–H and O–H groups in total. The molecule has 1 saturated heterocycles. The van der Waals surface area contributed by atoms with Crippen molar-refractivity contribution in [2.45, 2.75) is 5.75 Å². The molecule has 0 saturated carbocycles. The fourth-order valence-corrected chi connectivity index (χ4v) is 3.69. The summed E-state index contributed by atoms with van der Waals surface area (Å²) in [6.07, 6.45) is 0. The first-order chi connectivity index (χ1) is 11.7. The molecule has 2 aromatic rings. The van der Waals surface area contributed by atoms with E-state index in [0.29, 0.717) is 5.75 Å². The van der Waals surface area contributed by atoms with E-state index in [2.05, 4.69) is 17.0 Å². The normalized spacial score (nSPS) is 14.7. The first-order valence-corrected chi connectivity index (χ1v) is 9.31. The van der Waals surface area contributed by atoms with E-state index in [1.54, 1.807) is 23.9 Å². The molecule has 4 nitrogen and oxygen atoms in total. The van der Waals surface area contributed by atoms with Crippen LogP contribution in [0.4, 0.5) is 5.69 Å². The molecule has 1 aliphatic rings. The van der Waals surface area contributed by atoms with Crippen LogP contribution in [-0.4, -0.2) is 47.8 Å². The maximum atomic E-state index is 12.3. The highest BCUT2D eigenvalue weighted by Gasteiger charge is 2.21. The van der Waals surface area contributed by atoms with Gasteiger partial charge in [0.05, 0.1) is 5.75 Å². The van der Waals surface area contributed by atoms with Crippen molar-refractivity contribution >= 4 is 23.4 Å². The second-order valence-corrected chi connectivity index (χ2v) is 6.85. The lowest BCUT2D eigenvalue weighted by Crippen LogP contribution is -2.49. The van der Waals surface area contributed by atoms with Crippen LogP contribution in [0.2, 0.25) is 0 Å². The molecule has 0 unspecified atom stereocenters. The molecule has 1 amide bonds. The molecule has 1 heterocycles. The van der Waals surface area contributed by atoms with E-state index in [9.17, 15) is 9.90 Å². The third-order valence-corrected chi connectivity index (χ3v) is 5.17. The Morgan fingerprint density at radius 1 is 0.958 bits per heavy atom. The van der Waals surface area contributed by atoms with Crippen LogP contribution in [0.5, 0.6) is 5.75 Å². The summed E-state index contributed by atoms with van der Waals surface area (Å²) in [6.45, 7) is 3.18. The monoisotopic (exact) mass is 342 g/mol. The summed E-state index contributed by atoms with van der Waals surface area (Å²) in [6, 6.07) is 17.5. The minimum absolute atomic E-state index is 0.223. The van der Waals surface area contributed by atoms with E-state index in [4.69, 9.17) is 0 Å². The highest BCUT2D eigenvalue weighted by molar-refractivity contribution is 7.99. The number of phenolic OH excluding ortho intramolecular Hbond substituents is 1.